The van der Waals surface area contributed by atoms with Crippen molar-refractivity contribution in [2.45, 2.75) is 64.3 Å². The molecule has 0 aromatic carbocycles. The summed E-state index contributed by atoms with van der Waals surface area (Å²) < 4.78 is 6.95. The number of nitrogens with zero attached hydrogens (tertiary/aromatic N) is 7. The molecule has 2 aromatic heterocycles. The van der Waals surface area contributed by atoms with E-state index in [4.69, 9.17) is 12.2 Å². The molecule has 1 fully saturated rings. The van der Waals surface area contributed by atoms with Crippen molar-refractivity contribution in [3.8, 4) is 0 Å². The van der Waals surface area contributed by atoms with Gasteiger partial charge in [-0.3, -0.25) is 4.90 Å². The van der Waals surface area contributed by atoms with Gasteiger partial charge in [-0.15, -0.1) is 16.8 Å². The van der Waals surface area contributed by atoms with E-state index in [-0.39, 0.29) is 0 Å². The lowest BCUT2D eigenvalue weighted by atomic mass is 10.2. The average Bonchev–Trinajstić information content (AvgIpc) is 3.26. The minimum absolute atomic E-state index is 0.311. The van der Waals surface area contributed by atoms with Crippen molar-refractivity contribution in [2.75, 3.05) is 6.54 Å². The Kier molecular flexibility index (Phi) is 4.80. The van der Waals surface area contributed by atoms with Gasteiger partial charge in [0.25, 0.3) is 0 Å². The molecule has 0 spiro atoms. The summed E-state index contributed by atoms with van der Waals surface area (Å²) in [6.45, 7) is 7.27. The highest BCUT2D eigenvalue weighted by Crippen LogP contribution is 2.32. The van der Waals surface area contributed by atoms with Gasteiger partial charge < -0.3 is 9.13 Å². The molecule has 0 bridgehead atoms. The van der Waals surface area contributed by atoms with Crippen LogP contribution in [0.3, 0.4) is 0 Å². The quantitative estimate of drug-likeness (QED) is 0.607. The van der Waals surface area contributed by atoms with Gasteiger partial charge in [0.15, 0.2) is 4.77 Å². The van der Waals surface area contributed by atoms with E-state index < -0.39 is 0 Å². The van der Waals surface area contributed by atoms with Gasteiger partial charge in [0.2, 0.25) is 0 Å². The Morgan fingerprint density at radius 2 is 2.12 bits per heavy atom. The van der Waals surface area contributed by atoms with E-state index >= 15 is 0 Å². The van der Waals surface area contributed by atoms with Crippen LogP contribution in [0, 0.1) is 4.77 Å². The molecular formula is C17H25N7S. The number of hydrogen-bond acceptors (Lipinski definition) is 5. The molecule has 2 aliphatic rings. The van der Waals surface area contributed by atoms with Crippen molar-refractivity contribution >= 4 is 12.2 Å². The van der Waals surface area contributed by atoms with Crippen LogP contribution in [0.4, 0.5) is 0 Å². The first-order chi connectivity index (χ1) is 12.3. The lowest BCUT2D eigenvalue weighted by Gasteiger charge is -2.24. The lowest BCUT2D eigenvalue weighted by Crippen LogP contribution is -2.29. The van der Waals surface area contributed by atoms with E-state index in [2.05, 4.69) is 31.3 Å². The molecule has 1 saturated heterocycles. The van der Waals surface area contributed by atoms with E-state index in [1.807, 2.05) is 15.3 Å². The smallest absolute Gasteiger partial charge is 0.199 e. The normalized spacial score (nSPS) is 21.2. The van der Waals surface area contributed by atoms with Crippen molar-refractivity contribution in [1.82, 2.24) is 34.0 Å². The molecule has 0 saturated carbocycles. The first-order valence-electron chi connectivity index (χ1n) is 9.17. The zero-order valence-corrected chi connectivity index (χ0v) is 15.4. The summed E-state index contributed by atoms with van der Waals surface area (Å²) >= 11 is 5.54. The van der Waals surface area contributed by atoms with Crippen LogP contribution >= 0.6 is 12.2 Å². The third-order valence-corrected chi connectivity index (χ3v) is 5.68. The fourth-order valence-electron chi connectivity index (χ4n) is 3.95. The third kappa shape index (κ3) is 3.20. The lowest BCUT2D eigenvalue weighted by molar-refractivity contribution is 0.180. The van der Waals surface area contributed by atoms with Crippen LogP contribution in [-0.2, 0) is 26.2 Å². The van der Waals surface area contributed by atoms with E-state index in [1.54, 1.807) is 6.33 Å². The van der Waals surface area contributed by atoms with Crippen LogP contribution in [-0.4, -0.2) is 40.6 Å². The van der Waals surface area contributed by atoms with E-state index in [9.17, 15) is 0 Å². The van der Waals surface area contributed by atoms with Gasteiger partial charge in [-0.25, -0.2) is 4.68 Å². The van der Waals surface area contributed by atoms with Crippen LogP contribution in [0.2, 0.25) is 0 Å². The number of hydrogen-bond donors (Lipinski definition) is 0. The third-order valence-electron chi connectivity index (χ3n) is 5.24. The fraction of sp³-hybridized carbons (Fsp3) is 0.647. The minimum atomic E-state index is 0.311. The Labute approximate surface area is 153 Å². The van der Waals surface area contributed by atoms with Crippen LogP contribution in [0.15, 0.2) is 19.0 Å². The summed E-state index contributed by atoms with van der Waals surface area (Å²) in [5.41, 5.74) is 0. The molecule has 2 aliphatic heterocycles. The topological polar surface area (TPSA) is 56.7 Å². The maximum Gasteiger partial charge on any atom is 0.199 e. The zero-order chi connectivity index (χ0) is 17.2. The number of rotatable bonds is 5. The highest BCUT2D eigenvalue weighted by molar-refractivity contribution is 7.71. The van der Waals surface area contributed by atoms with Gasteiger partial charge in [0, 0.05) is 26.1 Å². The van der Waals surface area contributed by atoms with Crippen molar-refractivity contribution in [2.24, 2.45) is 0 Å². The summed E-state index contributed by atoms with van der Waals surface area (Å²) in [5, 5.41) is 13.5. The van der Waals surface area contributed by atoms with E-state index in [0.29, 0.717) is 19.3 Å². The predicted molar refractivity (Wildman–Crippen MR) is 97.5 cm³/mol. The molecule has 7 nitrogen and oxygen atoms in total. The maximum atomic E-state index is 5.54. The SMILES string of the molecule is C=CCn1cnn(CN2CCC[C@@H]2c2nnc3n2CCCCC3)c1=S. The molecule has 0 radical (unpaired) electrons. The highest BCUT2D eigenvalue weighted by atomic mass is 32.1. The van der Waals surface area contributed by atoms with Gasteiger partial charge in [0.05, 0.1) is 12.7 Å². The van der Waals surface area contributed by atoms with Crippen LogP contribution in [0.1, 0.15) is 49.8 Å². The number of aryl methyl sites for hydroxylation is 1. The Morgan fingerprint density at radius 3 is 3.00 bits per heavy atom. The number of fused-ring (bicyclic) bond motifs is 1. The summed E-state index contributed by atoms with van der Waals surface area (Å²) in [6.07, 6.45) is 10.7. The highest BCUT2D eigenvalue weighted by Gasteiger charge is 2.31. The second kappa shape index (κ2) is 7.21. The van der Waals surface area contributed by atoms with Crippen molar-refractivity contribution in [1.29, 1.82) is 0 Å². The van der Waals surface area contributed by atoms with Crippen molar-refractivity contribution in [3.05, 3.63) is 35.4 Å². The fourth-order valence-corrected chi connectivity index (χ4v) is 4.17. The number of likely N-dealkylation sites (tertiary alicyclic amines) is 1. The summed E-state index contributed by atoms with van der Waals surface area (Å²) in [7, 11) is 0. The zero-order valence-electron chi connectivity index (χ0n) is 14.5. The van der Waals surface area contributed by atoms with Gasteiger partial charge in [-0.05, 0) is 37.9 Å². The number of allylic oxidation sites excluding steroid dienone is 1. The Balaban J connectivity index is 1.56. The molecule has 0 amide bonds. The molecule has 0 N–H and O–H groups in total. The van der Waals surface area contributed by atoms with Gasteiger partial charge in [-0.2, -0.15) is 5.10 Å². The maximum absolute atomic E-state index is 5.54. The van der Waals surface area contributed by atoms with Crippen molar-refractivity contribution in [3.63, 3.8) is 0 Å². The molecule has 1 atom stereocenters. The molecule has 8 heteroatoms. The molecule has 0 aliphatic carbocycles. The molecule has 134 valence electrons. The largest absolute Gasteiger partial charge is 0.314 e. The van der Waals surface area contributed by atoms with Gasteiger partial charge >= 0.3 is 0 Å². The average molecular weight is 360 g/mol. The summed E-state index contributed by atoms with van der Waals surface area (Å²) in [6, 6.07) is 0.311. The standard InChI is InChI=1S/C17H25N7S/c1-2-9-21-12-18-24(17(21)25)13-22-10-6-7-14(22)16-20-19-15-8-4-3-5-11-23(15)16/h2,12,14H,1,3-11,13H2/t14-/m1/s1. The molecule has 2 aromatic rings. The molecule has 4 heterocycles. The Morgan fingerprint density at radius 1 is 1.20 bits per heavy atom. The van der Waals surface area contributed by atoms with Crippen LogP contribution in [0.5, 0.6) is 0 Å². The van der Waals surface area contributed by atoms with Crippen LogP contribution < -0.4 is 0 Å². The van der Waals surface area contributed by atoms with Gasteiger partial charge in [-0.1, -0.05) is 12.5 Å². The van der Waals surface area contributed by atoms with E-state index in [1.165, 1.54) is 25.7 Å². The van der Waals surface area contributed by atoms with Crippen LogP contribution in [0.25, 0.3) is 0 Å². The Hall–Kier alpha value is -1.80. The summed E-state index contributed by atoms with van der Waals surface area (Å²) in [5.74, 6) is 2.29. The van der Waals surface area contributed by atoms with Gasteiger partial charge in [0.1, 0.15) is 18.0 Å². The molecular weight excluding hydrogens is 334 g/mol. The monoisotopic (exact) mass is 359 g/mol. The first-order valence-corrected chi connectivity index (χ1v) is 9.58. The Bertz CT molecular complexity index is 802. The number of aromatic nitrogens is 6. The summed E-state index contributed by atoms with van der Waals surface area (Å²) in [4.78, 5) is 2.43. The molecule has 4 rings (SSSR count). The molecule has 0 unspecified atom stereocenters. The predicted octanol–water partition coefficient (Wildman–Crippen LogP) is 2.71. The van der Waals surface area contributed by atoms with Crippen molar-refractivity contribution < 1.29 is 0 Å². The second-order valence-corrected chi connectivity index (χ2v) is 7.27. The molecule has 25 heavy (non-hydrogen) atoms. The first kappa shape index (κ1) is 16.7. The minimum Gasteiger partial charge on any atom is -0.314 e. The second-order valence-electron chi connectivity index (χ2n) is 6.90. The van der Waals surface area contributed by atoms with E-state index in [0.717, 1.165) is 42.4 Å².